The molecule has 0 aliphatic heterocycles. The second-order valence-electron chi connectivity index (χ2n) is 9.43. The second-order valence-corrected chi connectivity index (χ2v) is 10.5. The van der Waals surface area contributed by atoms with Gasteiger partial charge in [0, 0.05) is 17.5 Å². The molecule has 0 saturated carbocycles. The number of nitrogens with zero attached hydrogens (tertiary/aromatic N) is 1. The van der Waals surface area contributed by atoms with Crippen molar-refractivity contribution in [3.63, 3.8) is 0 Å². The van der Waals surface area contributed by atoms with E-state index in [1.54, 1.807) is 20.8 Å². The summed E-state index contributed by atoms with van der Waals surface area (Å²) < 4.78 is 4.77. The van der Waals surface area contributed by atoms with Crippen LogP contribution in [0.1, 0.15) is 56.5 Å². The molecule has 7 nitrogen and oxygen atoms in total. The summed E-state index contributed by atoms with van der Waals surface area (Å²) in [5.74, 6) is -0.613. The minimum atomic E-state index is -1.10. The predicted molar refractivity (Wildman–Crippen MR) is 143 cm³/mol. The Labute approximate surface area is 218 Å². The van der Waals surface area contributed by atoms with E-state index >= 15 is 0 Å². The largest absolute Gasteiger partial charge is 0.508 e. The highest BCUT2D eigenvalue weighted by Crippen LogP contribution is 2.30. The summed E-state index contributed by atoms with van der Waals surface area (Å²) in [4.78, 5) is 24.9. The van der Waals surface area contributed by atoms with Crippen LogP contribution in [0.3, 0.4) is 0 Å². The molecule has 0 spiro atoms. The van der Waals surface area contributed by atoms with E-state index in [9.17, 15) is 14.7 Å². The molecule has 0 fully saturated rings. The van der Waals surface area contributed by atoms with Gasteiger partial charge < -0.3 is 20.3 Å². The highest BCUT2D eigenvalue weighted by molar-refractivity contribution is 7.09. The molecule has 1 aromatic heterocycles. The summed E-state index contributed by atoms with van der Waals surface area (Å²) in [5, 5.41) is 22.4. The molecular formula is C26H39ClN2O5S. The molecule has 3 N–H and O–H groups in total. The van der Waals surface area contributed by atoms with Crippen LogP contribution in [0.4, 0.5) is 4.79 Å². The summed E-state index contributed by atoms with van der Waals surface area (Å²) in [6.07, 6.45) is 4.88. The number of hydrogen-bond donors (Lipinski definition) is 3. The smallest absolute Gasteiger partial charge is 0.408 e. The number of alkyl carbamates (subject to hydrolysis) is 1. The van der Waals surface area contributed by atoms with E-state index in [1.165, 1.54) is 29.0 Å². The third kappa shape index (κ3) is 11.3. The molecule has 196 valence electrons. The molecule has 1 aliphatic rings. The first-order valence-corrected chi connectivity index (χ1v) is 12.7. The third-order valence-electron chi connectivity index (χ3n) is 5.47. The number of aliphatic carboxylic acids is 1. The molecule has 0 saturated heterocycles. The van der Waals surface area contributed by atoms with Gasteiger partial charge in [-0.2, -0.15) is 0 Å². The number of nitrogens with one attached hydrogen (secondary N) is 1. The van der Waals surface area contributed by atoms with Crippen LogP contribution >= 0.6 is 23.7 Å². The lowest BCUT2D eigenvalue weighted by Gasteiger charge is -2.35. The van der Waals surface area contributed by atoms with Crippen molar-refractivity contribution in [2.24, 2.45) is 0 Å². The first-order valence-electron chi connectivity index (χ1n) is 11.8. The van der Waals surface area contributed by atoms with Crippen LogP contribution in [-0.2, 0) is 28.8 Å². The SMILES string of the molecule is CC(C)(C)OC(=O)NCC(=O)O.CCCN(CCc1cccs1)[C@H]1CCc2c(O)cccc2C1.Cl. The van der Waals surface area contributed by atoms with Crippen LogP contribution in [-0.4, -0.2) is 58.5 Å². The normalized spacial score (nSPS) is 14.7. The number of rotatable bonds is 8. The molecular weight excluding hydrogens is 488 g/mol. The second kappa shape index (κ2) is 15.0. The molecule has 1 atom stereocenters. The lowest BCUT2D eigenvalue weighted by atomic mass is 9.86. The number of halogens is 1. The van der Waals surface area contributed by atoms with Gasteiger partial charge >= 0.3 is 12.1 Å². The fourth-order valence-corrected chi connectivity index (χ4v) is 4.71. The molecule has 1 aromatic carbocycles. The maximum absolute atomic E-state index is 10.8. The average molecular weight is 527 g/mol. The monoisotopic (exact) mass is 526 g/mol. The minimum Gasteiger partial charge on any atom is -0.508 e. The zero-order chi connectivity index (χ0) is 25.1. The van der Waals surface area contributed by atoms with Gasteiger partial charge in [-0.25, -0.2) is 4.79 Å². The maximum atomic E-state index is 10.8. The van der Waals surface area contributed by atoms with Crippen molar-refractivity contribution in [1.82, 2.24) is 10.2 Å². The van der Waals surface area contributed by atoms with E-state index in [0.717, 1.165) is 32.2 Å². The van der Waals surface area contributed by atoms with Gasteiger partial charge in [-0.3, -0.25) is 9.69 Å². The van der Waals surface area contributed by atoms with Crippen LogP contribution in [0.5, 0.6) is 5.75 Å². The van der Waals surface area contributed by atoms with E-state index in [1.807, 2.05) is 23.5 Å². The molecule has 35 heavy (non-hydrogen) atoms. The fourth-order valence-electron chi connectivity index (χ4n) is 4.01. The molecule has 2 aromatic rings. The van der Waals surface area contributed by atoms with E-state index < -0.39 is 24.2 Å². The number of aromatic hydroxyl groups is 1. The fraction of sp³-hybridized carbons (Fsp3) is 0.538. The Balaban J connectivity index is 0.000000407. The van der Waals surface area contributed by atoms with Crippen molar-refractivity contribution in [2.45, 2.75) is 71.4 Å². The van der Waals surface area contributed by atoms with Crippen molar-refractivity contribution in [3.05, 3.63) is 51.7 Å². The number of carbonyl (C=O) groups is 2. The standard InChI is InChI=1S/C19H25NOS.C7H13NO4.ClH/c1-2-11-20(12-10-17-6-4-13-22-17)16-8-9-18-15(14-16)5-3-7-19(18)21;1-7(2,3)12-6(11)8-4-5(9)10;/h3-7,13,16,21H,2,8-12,14H2,1H3;4H2,1-3H3,(H,8,11)(H,9,10);1H/t16-;;/m0../s1. The number of amides is 1. The Morgan fingerprint density at radius 3 is 2.54 bits per heavy atom. The Kier molecular flexibility index (Phi) is 13.1. The van der Waals surface area contributed by atoms with Crippen LogP contribution < -0.4 is 5.32 Å². The van der Waals surface area contributed by atoms with Gasteiger partial charge in [-0.1, -0.05) is 25.1 Å². The Hall–Kier alpha value is -2.29. The maximum Gasteiger partial charge on any atom is 0.408 e. The topological polar surface area (TPSA) is 99.1 Å². The van der Waals surface area contributed by atoms with Crippen LogP contribution in [0, 0.1) is 0 Å². The number of carboxylic acid groups (broad SMARTS) is 1. The number of phenols is 1. The number of benzene rings is 1. The van der Waals surface area contributed by atoms with Crippen molar-refractivity contribution < 1.29 is 24.5 Å². The summed E-state index contributed by atoms with van der Waals surface area (Å²) in [6.45, 7) is 9.26. The molecule has 3 rings (SSSR count). The molecule has 0 bridgehead atoms. The zero-order valence-corrected chi connectivity index (χ0v) is 22.7. The van der Waals surface area contributed by atoms with Gasteiger partial charge in [0.2, 0.25) is 0 Å². The highest BCUT2D eigenvalue weighted by atomic mass is 35.5. The quantitative estimate of drug-likeness (QED) is 0.432. The zero-order valence-electron chi connectivity index (χ0n) is 21.1. The number of hydrogen-bond acceptors (Lipinski definition) is 6. The van der Waals surface area contributed by atoms with E-state index in [-0.39, 0.29) is 12.4 Å². The van der Waals surface area contributed by atoms with Gasteiger partial charge in [-0.05, 0) is 88.1 Å². The van der Waals surface area contributed by atoms with Gasteiger partial charge in [0.15, 0.2) is 0 Å². The summed E-state index contributed by atoms with van der Waals surface area (Å²) in [5.41, 5.74) is 1.92. The third-order valence-corrected chi connectivity index (χ3v) is 6.40. The van der Waals surface area contributed by atoms with Crippen LogP contribution in [0.25, 0.3) is 0 Å². The van der Waals surface area contributed by atoms with Crippen LogP contribution in [0.2, 0.25) is 0 Å². The predicted octanol–water partition coefficient (Wildman–Crippen LogP) is 5.28. The van der Waals surface area contributed by atoms with E-state index in [2.05, 4.69) is 40.7 Å². The number of thiophene rings is 1. The van der Waals surface area contributed by atoms with Gasteiger partial charge in [0.25, 0.3) is 0 Å². The number of phenolic OH excluding ortho intramolecular Hbond substituents is 1. The van der Waals surface area contributed by atoms with Crippen molar-refractivity contribution in [2.75, 3.05) is 19.6 Å². The first-order chi connectivity index (χ1) is 16.1. The van der Waals surface area contributed by atoms with Crippen molar-refractivity contribution in [3.8, 4) is 5.75 Å². The van der Waals surface area contributed by atoms with E-state index in [4.69, 9.17) is 9.84 Å². The summed E-state index contributed by atoms with van der Waals surface area (Å²) in [6, 6.07) is 11.0. The Morgan fingerprint density at radius 2 is 1.94 bits per heavy atom. The van der Waals surface area contributed by atoms with Crippen LogP contribution in [0.15, 0.2) is 35.7 Å². The average Bonchev–Trinajstić information content (AvgIpc) is 3.28. The summed E-state index contributed by atoms with van der Waals surface area (Å²) >= 11 is 1.86. The highest BCUT2D eigenvalue weighted by Gasteiger charge is 2.25. The van der Waals surface area contributed by atoms with Gasteiger partial charge in [0.1, 0.15) is 17.9 Å². The number of fused-ring (bicyclic) bond motifs is 1. The molecule has 0 radical (unpaired) electrons. The number of ether oxygens (including phenoxy) is 1. The molecule has 1 heterocycles. The first kappa shape index (κ1) is 30.7. The molecule has 0 unspecified atom stereocenters. The van der Waals surface area contributed by atoms with Gasteiger partial charge in [0.05, 0.1) is 0 Å². The van der Waals surface area contributed by atoms with Gasteiger partial charge in [-0.15, -0.1) is 23.7 Å². The lowest BCUT2D eigenvalue weighted by molar-refractivity contribution is -0.136. The Morgan fingerprint density at radius 1 is 1.20 bits per heavy atom. The van der Waals surface area contributed by atoms with Crippen molar-refractivity contribution >= 4 is 35.8 Å². The number of carboxylic acids is 1. The lowest BCUT2D eigenvalue weighted by Crippen LogP contribution is -2.41. The summed E-state index contributed by atoms with van der Waals surface area (Å²) in [7, 11) is 0. The van der Waals surface area contributed by atoms with E-state index in [0.29, 0.717) is 11.8 Å². The number of carbonyl (C=O) groups excluding carboxylic acids is 1. The molecule has 9 heteroatoms. The molecule has 1 amide bonds. The molecule has 1 aliphatic carbocycles. The van der Waals surface area contributed by atoms with Crippen molar-refractivity contribution in [1.29, 1.82) is 0 Å². The Bertz CT molecular complexity index is 915. The minimum absolute atomic E-state index is 0.